The van der Waals surface area contributed by atoms with Gasteiger partial charge in [-0.25, -0.2) is 9.97 Å². The number of anilines is 1. The molecule has 0 bridgehead atoms. The Morgan fingerprint density at radius 1 is 1.13 bits per heavy atom. The molecule has 1 aromatic carbocycles. The number of aryl methyl sites for hydroxylation is 1. The molecular weight excluding hydrogens is 308 g/mol. The van der Waals surface area contributed by atoms with E-state index in [2.05, 4.69) is 44.5 Å². The zero-order valence-corrected chi connectivity index (χ0v) is 14.2. The summed E-state index contributed by atoms with van der Waals surface area (Å²) in [6, 6.07) is 10.5. The molecule has 3 rings (SSSR count). The number of aromatic nitrogens is 2. The summed E-state index contributed by atoms with van der Waals surface area (Å²) in [5.41, 5.74) is 3.46. The first-order chi connectivity index (χ1) is 11.2. The first kappa shape index (κ1) is 16.1. The summed E-state index contributed by atoms with van der Waals surface area (Å²) in [4.78, 5) is 10.9. The zero-order valence-electron chi connectivity index (χ0n) is 13.4. The van der Waals surface area contributed by atoms with Crippen LogP contribution in [0.3, 0.4) is 0 Å². The van der Waals surface area contributed by atoms with Crippen LogP contribution in [0.15, 0.2) is 36.5 Å². The Bertz CT molecular complexity index is 665. The second-order valence-electron chi connectivity index (χ2n) is 5.82. The van der Waals surface area contributed by atoms with Crippen molar-refractivity contribution in [3.63, 3.8) is 0 Å². The Hall–Kier alpha value is -1.79. The summed E-state index contributed by atoms with van der Waals surface area (Å²) in [5, 5.41) is 3.24. The Balaban J connectivity index is 1.51. The number of nitrogens with one attached hydrogen (secondary N) is 1. The lowest BCUT2D eigenvalue weighted by Gasteiger charge is -2.26. The van der Waals surface area contributed by atoms with Crippen LogP contribution in [0, 0.1) is 6.92 Å². The van der Waals surface area contributed by atoms with E-state index in [0.29, 0.717) is 12.5 Å². The van der Waals surface area contributed by atoms with Gasteiger partial charge in [-0.15, -0.1) is 0 Å². The van der Waals surface area contributed by atoms with Gasteiger partial charge in [-0.3, -0.25) is 9.11 Å². The van der Waals surface area contributed by atoms with Crippen LogP contribution in [0.4, 0.5) is 5.95 Å². The third-order valence-corrected chi connectivity index (χ3v) is 5.22. The molecular formula is C17H22N4OS. The molecule has 122 valence electrons. The monoisotopic (exact) mass is 330 g/mol. The molecule has 2 aromatic rings. The highest BCUT2D eigenvalue weighted by Gasteiger charge is 2.14. The standard InChI is InChI=1S/C17H22N4OS/c1-14-6-7-18-17(20-14)19-12-15-2-4-16(5-3-15)13-21-8-10-23(22)11-9-21/h2-7H,8-13H2,1H3,(H,18,19,20). The van der Waals surface area contributed by atoms with Crippen molar-refractivity contribution in [1.82, 2.24) is 14.9 Å². The Labute approximate surface area is 139 Å². The number of benzene rings is 1. The van der Waals surface area contributed by atoms with E-state index < -0.39 is 10.8 Å². The predicted molar refractivity (Wildman–Crippen MR) is 93.7 cm³/mol. The molecule has 1 saturated heterocycles. The summed E-state index contributed by atoms with van der Waals surface area (Å²) in [5.74, 6) is 2.27. The largest absolute Gasteiger partial charge is 0.350 e. The van der Waals surface area contributed by atoms with E-state index in [9.17, 15) is 4.21 Å². The molecule has 1 aliphatic rings. The van der Waals surface area contributed by atoms with E-state index in [0.717, 1.165) is 36.8 Å². The molecule has 0 aliphatic carbocycles. The van der Waals surface area contributed by atoms with Gasteiger partial charge in [0, 0.05) is 60.4 Å². The highest BCUT2D eigenvalue weighted by Crippen LogP contribution is 2.11. The third kappa shape index (κ3) is 4.84. The molecule has 23 heavy (non-hydrogen) atoms. The van der Waals surface area contributed by atoms with E-state index in [1.807, 2.05) is 13.0 Å². The van der Waals surface area contributed by atoms with Crippen LogP contribution in [-0.2, 0) is 23.9 Å². The van der Waals surface area contributed by atoms with Crippen LogP contribution in [0.1, 0.15) is 16.8 Å². The van der Waals surface area contributed by atoms with Gasteiger partial charge in [-0.2, -0.15) is 0 Å². The van der Waals surface area contributed by atoms with Crippen LogP contribution in [0.5, 0.6) is 0 Å². The highest BCUT2D eigenvalue weighted by molar-refractivity contribution is 7.85. The first-order valence-electron chi connectivity index (χ1n) is 7.88. The third-order valence-electron chi connectivity index (χ3n) is 3.94. The number of rotatable bonds is 5. The van der Waals surface area contributed by atoms with Crippen molar-refractivity contribution >= 4 is 16.7 Å². The molecule has 0 spiro atoms. The van der Waals surface area contributed by atoms with Gasteiger partial charge in [-0.1, -0.05) is 24.3 Å². The van der Waals surface area contributed by atoms with Crippen molar-refractivity contribution < 1.29 is 4.21 Å². The minimum Gasteiger partial charge on any atom is -0.350 e. The van der Waals surface area contributed by atoms with E-state index in [4.69, 9.17) is 0 Å². The molecule has 6 heteroatoms. The number of hydrogen-bond acceptors (Lipinski definition) is 5. The topological polar surface area (TPSA) is 58.1 Å². The van der Waals surface area contributed by atoms with Gasteiger partial charge in [0.2, 0.25) is 5.95 Å². The average Bonchev–Trinajstić information content (AvgIpc) is 2.56. The molecule has 0 radical (unpaired) electrons. The van der Waals surface area contributed by atoms with Crippen molar-refractivity contribution in [2.24, 2.45) is 0 Å². The normalized spacial score (nSPS) is 16.4. The fourth-order valence-electron chi connectivity index (χ4n) is 2.57. The fourth-order valence-corrected chi connectivity index (χ4v) is 3.70. The van der Waals surface area contributed by atoms with Gasteiger partial charge in [0.15, 0.2) is 0 Å². The zero-order chi connectivity index (χ0) is 16.1. The smallest absolute Gasteiger partial charge is 0.223 e. The van der Waals surface area contributed by atoms with Crippen molar-refractivity contribution in [3.05, 3.63) is 53.3 Å². The summed E-state index contributed by atoms with van der Waals surface area (Å²) < 4.78 is 11.4. The molecule has 0 amide bonds. The summed E-state index contributed by atoms with van der Waals surface area (Å²) >= 11 is 0. The molecule has 0 unspecified atom stereocenters. The van der Waals surface area contributed by atoms with Crippen LogP contribution >= 0.6 is 0 Å². The van der Waals surface area contributed by atoms with Crippen molar-refractivity contribution in [2.75, 3.05) is 29.9 Å². The average molecular weight is 330 g/mol. The molecule has 0 saturated carbocycles. The second-order valence-corrected chi connectivity index (χ2v) is 7.51. The van der Waals surface area contributed by atoms with Crippen LogP contribution in [0.25, 0.3) is 0 Å². The van der Waals surface area contributed by atoms with Crippen LogP contribution < -0.4 is 5.32 Å². The quantitative estimate of drug-likeness (QED) is 0.908. The van der Waals surface area contributed by atoms with Gasteiger partial charge >= 0.3 is 0 Å². The molecule has 1 aromatic heterocycles. The van der Waals surface area contributed by atoms with Crippen LogP contribution in [-0.4, -0.2) is 43.7 Å². The highest BCUT2D eigenvalue weighted by atomic mass is 32.2. The Morgan fingerprint density at radius 3 is 2.52 bits per heavy atom. The van der Waals surface area contributed by atoms with Gasteiger partial charge in [0.1, 0.15) is 0 Å². The van der Waals surface area contributed by atoms with Gasteiger partial charge in [-0.05, 0) is 24.1 Å². The van der Waals surface area contributed by atoms with E-state index in [1.165, 1.54) is 11.1 Å². The van der Waals surface area contributed by atoms with E-state index in [-0.39, 0.29) is 0 Å². The second kappa shape index (κ2) is 7.66. The molecule has 5 nitrogen and oxygen atoms in total. The van der Waals surface area contributed by atoms with Crippen molar-refractivity contribution in [3.8, 4) is 0 Å². The number of nitrogens with zero attached hydrogens (tertiary/aromatic N) is 3. The minimum absolute atomic E-state index is 0.607. The van der Waals surface area contributed by atoms with Gasteiger partial charge in [0.05, 0.1) is 0 Å². The summed E-state index contributed by atoms with van der Waals surface area (Å²) in [7, 11) is -0.607. The van der Waals surface area contributed by atoms with E-state index in [1.54, 1.807) is 6.20 Å². The summed E-state index contributed by atoms with van der Waals surface area (Å²) in [6.45, 7) is 5.47. The van der Waals surface area contributed by atoms with E-state index >= 15 is 0 Å². The molecule has 1 fully saturated rings. The number of hydrogen-bond donors (Lipinski definition) is 1. The lowest BCUT2D eigenvalue weighted by atomic mass is 10.1. The molecule has 1 N–H and O–H groups in total. The SMILES string of the molecule is Cc1ccnc(NCc2ccc(CN3CCS(=O)CC3)cc2)n1. The predicted octanol–water partition coefficient (Wildman–Crippen LogP) is 1.96. The maximum atomic E-state index is 11.4. The molecule has 0 atom stereocenters. The lowest BCUT2D eigenvalue weighted by molar-refractivity contribution is 0.291. The summed E-state index contributed by atoms with van der Waals surface area (Å²) in [6.07, 6.45) is 1.76. The lowest BCUT2D eigenvalue weighted by Crippen LogP contribution is -2.37. The minimum atomic E-state index is -0.607. The van der Waals surface area contributed by atoms with Gasteiger partial charge < -0.3 is 5.32 Å². The fraction of sp³-hybridized carbons (Fsp3) is 0.412. The Kier molecular flexibility index (Phi) is 5.35. The first-order valence-corrected chi connectivity index (χ1v) is 9.36. The maximum absolute atomic E-state index is 11.4. The van der Waals surface area contributed by atoms with Crippen molar-refractivity contribution in [1.29, 1.82) is 0 Å². The molecule has 2 heterocycles. The van der Waals surface area contributed by atoms with Crippen molar-refractivity contribution in [2.45, 2.75) is 20.0 Å². The van der Waals surface area contributed by atoms with Gasteiger partial charge in [0.25, 0.3) is 0 Å². The van der Waals surface area contributed by atoms with Crippen LogP contribution in [0.2, 0.25) is 0 Å². The Morgan fingerprint density at radius 2 is 1.83 bits per heavy atom. The maximum Gasteiger partial charge on any atom is 0.223 e. The molecule has 1 aliphatic heterocycles.